The fourth-order valence-corrected chi connectivity index (χ4v) is 4.42. The minimum Gasteiger partial charge on any atom is -0.383 e. The minimum absolute atomic E-state index is 0.0146. The van der Waals surface area contributed by atoms with Crippen molar-refractivity contribution in [1.29, 1.82) is 0 Å². The number of fused-ring (bicyclic) bond motifs is 4. The summed E-state index contributed by atoms with van der Waals surface area (Å²) in [6.45, 7) is 0. The number of aryl methyl sites for hydroxylation is 2. The molecule has 0 spiro atoms. The molecule has 0 bridgehead atoms. The highest BCUT2D eigenvalue weighted by Gasteiger charge is 2.30. The molecule has 7 nitrogen and oxygen atoms in total. The van der Waals surface area contributed by atoms with Crippen LogP contribution in [0.4, 0.5) is 5.82 Å². The van der Waals surface area contributed by atoms with Crippen LogP contribution in [0.15, 0.2) is 36.5 Å². The van der Waals surface area contributed by atoms with Gasteiger partial charge in [-0.1, -0.05) is 17.7 Å². The average molecular weight is 407 g/mol. The molecule has 0 fully saturated rings. The monoisotopic (exact) mass is 406 g/mol. The summed E-state index contributed by atoms with van der Waals surface area (Å²) in [7, 11) is 3.69. The second-order valence-corrected chi connectivity index (χ2v) is 7.79. The summed E-state index contributed by atoms with van der Waals surface area (Å²) in [5.74, 6) is 0.386. The molecule has 1 unspecified atom stereocenters. The zero-order valence-electron chi connectivity index (χ0n) is 16.1. The number of pyridine rings is 2. The molecule has 1 aliphatic carbocycles. The Morgan fingerprint density at radius 1 is 1.24 bits per heavy atom. The van der Waals surface area contributed by atoms with E-state index in [0.29, 0.717) is 16.5 Å². The van der Waals surface area contributed by atoms with Gasteiger partial charge in [-0.25, -0.2) is 9.97 Å². The fraction of sp³-hybridized carbons (Fsp3) is 0.238. The maximum absolute atomic E-state index is 13.3. The third-order valence-electron chi connectivity index (χ3n) is 5.73. The molecular weight excluding hydrogens is 388 g/mol. The second-order valence-electron chi connectivity index (χ2n) is 7.40. The Hall–Kier alpha value is -3.19. The molecule has 4 aromatic rings. The summed E-state index contributed by atoms with van der Waals surface area (Å²) in [6.07, 6.45) is 3.35. The van der Waals surface area contributed by atoms with E-state index >= 15 is 0 Å². The first-order chi connectivity index (χ1) is 13.9. The molecule has 3 aromatic heterocycles. The number of amides is 1. The molecule has 0 radical (unpaired) electrons. The number of anilines is 1. The summed E-state index contributed by atoms with van der Waals surface area (Å²) in [4.78, 5) is 23.9. The standard InChI is InChI=1S/C21H19ClN6O/c1-27(17-7-6-15-12(17)4-8-18(22)25-15)21(29)11-3-5-16-13(9-11)19-14(20(23)26-16)10-24-28(19)2/h3-5,8-10,17H,6-7H2,1-2H3,(H2,23,26). The summed E-state index contributed by atoms with van der Waals surface area (Å²) in [5.41, 5.74) is 10.3. The first-order valence-electron chi connectivity index (χ1n) is 9.37. The first kappa shape index (κ1) is 17.9. The molecule has 2 N–H and O–H groups in total. The lowest BCUT2D eigenvalue weighted by molar-refractivity contribution is 0.0731. The van der Waals surface area contributed by atoms with Gasteiger partial charge < -0.3 is 10.6 Å². The van der Waals surface area contributed by atoms with Crippen molar-refractivity contribution in [1.82, 2.24) is 24.6 Å². The molecule has 8 heteroatoms. The molecular formula is C21H19ClN6O. The quantitative estimate of drug-likeness (QED) is 0.514. The van der Waals surface area contributed by atoms with E-state index in [1.54, 1.807) is 27.9 Å². The number of nitrogen functional groups attached to an aromatic ring is 1. The third-order valence-corrected chi connectivity index (χ3v) is 5.94. The number of nitrogens with zero attached hydrogens (tertiary/aromatic N) is 5. The van der Waals surface area contributed by atoms with Crippen LogP contribution in [-0.2, 0) is 13.5 Å². The largest absolute Gasteiger partial charge is 0.383 e. The van der Waals surface area contributed by atoms with Crippen molar-refractivity contribution in [2.45, 2.75) is 18.9 Å². The Bertz CT molecular complexity index is 1300. The highest BCUT2D eigenvalue weighted by atomic mass is 35.5. The first-order valence-corrected chi connectivity index (χ1v) is 9.75. The minimum atomic E-state index is -0.0492. The van der Waals surface area contributed by atoms with Gasteiger partial charge in [0, 0.05) is 30.7 Å². The lowest BCUT2D eigenvalue weighted by atomic mass is 10.1. The number of hydrogen-bond acceptors (Lipinski definition) is 5. The normalized spacial score (nSPS) is 15.8. The molecule has 1 aliphatic rings. The van der Waals surface area contributed by atoms with Gasteiger partial charge in [-0.15, -0.1) is 0 Å². The van der Waals surface area contributed by atoms with Gasteiger partial charge in [0.15, 0.2) is 0 Å². The Morgan fingerprint density at radius 2 is 2.07 bits per heavy atom. The molecule has 0 aliphatic heterocycles. The van der Waals surface area contributed by atoms with Crippen molar-refractivity contribution in [2.24, 2.45) is 7.05 Å². The van der Waals surface area contributed by atoms with Crippen LogP contribution in [0.2, 0.25) is 5.15 Å². The van der Waals surface area contributed by atoms with Crippen molar-refractivity contribution < 1.29 is 4.79 Å². The number of rotatable bonds is 2. The Morgan fingerprint density at radius 3 is 2.90 bits per heavy atom. The SMILES string of the molecule is CN(C(=O)c1ccc2nc(N)c3cnn(C)c3c2c1)C1CCc2nc(Cl)ccc21. The van der Waals surface area contributed by atoms with E-state index in [1.165, 1.54) is 0 Å². The zero-order chi connectivity index (χ0) is 20.3. The molecule has 0 saturated carbocycles. The predicted molar refractivity (Wildman–Crippen MR) is 113 cm³/mol. The highest BCUT2D eigenvalue weighted by molar-refractivity contribution is 6.29. The maximum atomic E-state index is 13.3. The average Bonchev–Trinajstić information content (AvgIpc) is 3.30. The lowest BCUT2D eigenvalue weighted by Crippen LogP contribution is -2.30. The third kappa shape index (κ3) is 2.73. The second kappa shape index (κ2) is 6.42. The Balaban J connectivity index is 1.56. The van der Waals surface area contributed by atoms with Crippen molar-refractivity contribution in [3.63, 3.8) is 0 Å². The maximum Gasteiger partial charge on any atom is 0.254 e. The van der Waals surface area contributed by atoms with Gasteiger partial charge in [0.1, 0.15) is 11.0 Å². The molecule has 1 aromatic carbocycles. The van der Waals surface area contributed by atoms with Gasteiger partial charge in [0.25, 0.3) is 5.91 Å². The predicted octanol–water partition coefficient (Wildman–Crippen LogP) is 3.51. The van der Waals surface area contributed by atoms with Crippen LogP contribution >= 0.6 is 11.6 Å². The number of hydrogen-bond donors (Lipinski definition) is 1. The van der Waals surface area contributed by atoms with Crippen LogP contribution in [0.3, 0.4) is 0 Å². The van der Waals surface area contributed by atoms with E-state index < -0.39 is 0 Å². The molecule has 3 heterocycles. The molecule has 1 amide bonds. The lowest BCUT2D eigenvalue weighted by Gasteiger charge is -2.25. The zero-order valence-corrected chi connectivity index (χ0v) is 16.8. The molecule has 0 saturated heterocycles. The van der Waals surface area contributed by atoms with Crippen molar-refractivity contribution in [2.75, 3.05) is 12.8 Å². The topological polar surface area (TPSA) is 89.9 Å². The van der Waals surface area contributed by atoms with Crippen LogP contribution in [0.25, 0.3) is 21.8 Å². The van der Waals surface area contributed by atoms with Crippen molar-refractivity contribution in [3.8, 4) is 0 Å². The van der Waals surface area contributed by atoms with Gasteiger partial charge in [-0.05, 0) is 42.7 Å². The number of carbonyl (C=O) groups excluding carboxylic acids is 1. The van der Waals surface area contributed by atoms with Gasteiger partial charge >= 0.3 is 0 Å². The summed E-state index contributed by atoms with van der Waals surface area (Å²) in [5, 5.41) is 6.42. The number of nitrogens with two attached hydrogens (primary N) is 1. The van der Waals surface area contributed by atoms with E-state index in [-0.39, 0.29) is 11.9 Å². The molecule has 146 valence electrons. The van der Waals surface area contributed by atoms with Crippen LogP contribution < -0.4 is 5.73 Å². The van der Waals surface area contributed by atoms with E-state index in [2.05, 4.69) is 15.1 Å². The fourth-order valence-electron chi connectivity index (χ4n) is 4.26. The van der Waals surface area contributed by atoms with E-state index in [0.717, 1.165) is 45.9 Å². The van der Waals surface area contributed by atoms with Crippen molar-refractivity contribution >= 4 is 45.1 Å². The number of halogens is 1. The van der Waals surface area contributed by atoms with Gasteiger partial charge in [-0.2, -0.15) is 5.10 Å². The summed E-state index contributed by atoms with van der Waals surface area (Å²) >= 11 is 6.01. The van der Waals surface area contributed by atoms with Gasteiger partial charge in [-0.3, -0.25) is 9.48 Å². The van der Waals surface area contributed by atoms with E-state index in [1.807, 2.05) is 32.3 Å². The molecule has 1 atom stereocenters. The van der Waals surface area contributed by atoms with Crippen molar-refractivity contribution in [3.05, 3.63) is 58.5 Å². The Labute approximate surface area is 172 Å². The Kier molecular flexibility index (Phi) is 3.96. The number of aromatic nitrogens is 4. The van der Waals surface area contributed by atoms with Crippen LogP contribution in [0.5, 0.6) is 0 Å². The van der Waals surface area contributed by atoms with E-state index in [4.69, 9.17) is 17.3 Å². The van der Waals surface area contributed by atoms with Crippen LogP contribution in [0, 0.1) is 0 Å². The summed E-state index contributed by atoms with van der Waals surface area (Å²) in [6, 6.07) is 9.25. The van der Waals surface area contributed by atoms with Gasteiger partial charge in [0.05, 0.1) is 28.7 Å². The number of benzene rings is 1. The smallest absolute Gasteiger partial charge is 0.254 e. The van der Waals surface area contributed by atoms with Crippen LogP contribution in [0.1, 0.15) is 34.1 Å². The van der Waals surface area contributed by atoms with E-state index in [9.17, 15) is 4.79 Å². The van der Waals surface area contributed by atoms with Gasteiger partial charge in [0.2, 0.25) is 0 Å². The van der Waals surface area contributed by atoms with Crippen LogP contribution in [-0.4, -0.2) is 37.6 Å². The summed E-state index contributed by atoms with van der Waals surface area (Å²) < 4.78 is 1.76. The molecule has 5 rings (SSSR count). The highest BCUT2D eigenvalue weighted by Crippen LogP contribution is 2.36. The number of carbonyl (C=O) groups is 1. The molecule has 29 heavy (non-hydrogen) atoms.